The summed E-state index contributed by atoms with van der Waals surface area (Å²) in [5.41, 5.74) is 2.59. The van der Waals surface area contributed by atoms with Crippen molar-refractivity contribution >= 4 is 16.9 Å². The number of carbonyl (C=O) groups is 1. The Morgan fingerprint density at radius 2 is 1.89 bits per heavy atom. The Balaban J connectivity index is 1.30. The third-order valence-corrected chi connectivity index (χ3v) is 5.81. The molecule has 2 aromatic heterocycles. The Bertz CT molecular complexity index is 976. The van der Waals surface area contributed by atoms with E-state index in [1.165, 1.54) is 0 Å². The van der Waals surface area contributed by atoms with Crippen LogP contribution in [0.2, 0.25) is 0 Å². The Hall–Kier alpha value is -2.77. The molecule has 7 nitrogen and oxygen atoms in total. The number of hydrogen-bond acceptors (Lipinski definition) is 5. The predicted octanol–water partition coefficient (Wildman–Crippen LogP) is 1.54. The quantitative estimate of drug-likeness (QED) is 0.751. The van der Waals surface area contributed by atoms with Crippen molar-refractivity contribution < 1.29 is 4.79 Å². The van der Waals surface area contributed by atoms with Gasteiger partial charge in [0, 0.05) is 51.5 Å². The molecule has 1 unspecified atom stereocenters. The molecule has 1 N–H and O–H groups in total. The van der Waals surface area contributed by atoms with Gasteiger partial charge in [0.15, 0.2) is 0 Å². The van der Waals surface area contributed by atoms with Crippen LogP contribution in [0.5, 0.6) is 0 Å². The van der Waals surface area contributed by atoms with Crippen LogP contribution in [0.1, 0.15) is 16.8 Å². The summed E-state index contributed by atoms with van der Waals surface area (Å²) in [4.78, 5) is 26.3. The van der Waals surface area contributed by atoms with Crippen molar-refractivity contribution in [3.63, 3.8) is 0 Å². The van der Waals surface area contributed by atoms with Crippen molar-refractivity contribution in [3.05, 3.63) is 54.5 Å². The van der Waals surface area contributed by atoms with Gasteiger partial charge in [-0.15, -0.1) is 0 Å². The third-order valence-electron chi connectivity index (χ3n) is 5.81. The molecule has 7 heteroatoms. The highest BCUT2D eigenvalue weighted by Crippen LogP contribution is 2.20. The normalized spacial score (nSPS) is 20.7. The number of aromatic nitrogens is 3. The Morgan fingerprint density at radius 1 is 1.04 bits per heavy atom. The number of para-hydroxylation sites is 2. The van der Waals surface area contributed by atoms with Gasteiger partial charge in [-0.05, 0) is 30.7 Å². The lowest BCUT2D eigenvalue weighted by atomic mass is 10.2. The molecule has 0 aliphatic carbocycles. The molecule has 144 valence electrons. The number of nitrogens with zero attached hydrogens (tertiary/aromatic N) is 5. The highest BCUT2D eigenvalue weighted by atomic mass is 16.2. The van der Waals surface area contributed by atoms with Crippen LogP contribution in [0.25, 0.3) is 16.9 Å². The van der Waals surface area contributed by atoms with E-state index in [0.717, 1.165) is 62.5 Å². The number of benzene rings is 1. The molecule has 1 amide bonds. The molecule has 1 aromatic carbocycles. The molecule has 0 saturated carbocycles. The first-order valence-electron chi connectivity index (χ1n) is 9.92. The zero-order valence-corrected chi connectivity index (χ0v) is 15.8. The first-order chi connectivity index (χ1) is 13.8. The summed E-state index contributed by atoms with van der Waals surface area (Å²) in [5.74, 6) is 0.845. The molecule has 2 fully saturated rings. The van der Waals surface area contributed by atoms with Crippen LogP contribution in [0.3, 0.4) is 0 Å². The summed E-state index contributed by atoms with van der Waals surface area (Å²) < 4.78 is 1.94. The number of rotatable bonds is 3. The zero-order chi connectivity index (χ0) is 18.9. The SMILES string of the molecule is O=C(c1ccc(-n2cnc3ccccc32)nc1)N1CCC(N2CCNCC2)C1. The van der Waals surface area contributed by atoms with Crippen molar-refractivity contribution in [1.82, 2.24) is 29.7 Å². The molecule has 2 aliphatic rings. The van der Waals surface area contributed by atoms with Crippen LogP contribution in [0.15, 0.2) is 48.9 Å². The van der Waals surface area contributed by atoms with E-state index in [1.54, 1.807) is 12.5 Å². The molecule has 4 heterocycles. The maximum atomic E-state index is 12.9. The minimum Gasteiger partial charge on any atom is -0.337 e. The first-order valence-corrected chi connectivity index (χ1v) is 9.92. The fourth-order valence-corrected chi connectivity index (χ4v) is 4.25. The Kier molecular flexibility index (Phi) is 4.54. The number of imidazole rings is 1. The smallest absolute Gasteiger partial charge is 0.255 e. The minimum absolute atomic E-state index is 0.0761. The van der Waals surface area contributed by atoms with Gasteiger partial charge >= 0.3 is 0 Å². The molecule has 28 heavy (non-hydrogen) atoms. The fourth-order valence-electron chi connectivity index (χ4n) is 4.25. The molecule has 3 aromatic rings. The largest absolute Gasteiger partial charge is 0.337 e. The number of nitrogens with one attached hydrogen (secondary N) is 1. The van der Waals surface area contributed by atoms with Crippen LogP contribution >= 0.6 is 0 Å². The van der Waals surface area contributed by atoms with Crippen molar-refractivity contribution in [2.75, 3.05) is 39.3 Å². The van der Waals surface area contributed by atoms with Crippen LogP contribution in [0, 0.1) is 0 Å². The van der Waals surface area contributed by atoms with Gasteiger partial charge in [-0.3, -0.25) is 14.3 Å². The monoisotopic (exact) mass is 376 g/mol. The number of fused-ring (bicyclic) bond motifs is 1. The van der Waals surface area contributed by atoms with Crippen molar-refractivity contribution in [3.8, 4) is 5.82 Å². The van der Waals surface area contributed by atoms with Crippen molar-refractivity contribution in [1.29, 1.82) is 0 Å². The first kappa shape index (κ1) is 17.3. The molecule has 2 aliphatic heterocycles. The third kappa shape index (κ3) is 3.16. The fraction of sp³-hybridized carbons (Fsp3) is 0.381. The maximum Gasteiger partial charge on any atom is 0.255 e. The van der Waals surface area contributed by atoms with Crippen molar-refractivity contribution in [2.45, 2.75) is 12.5 Å². The second-order valence-electron chi connectivity index (χ2n) is 7.49. The average molecular weight is 376 g/mol. The van der Waals surface area contributed by atoms with Crippen LogP contribution in [0.4, 0.5) is 0 Å². The number of pyridine rings is 1. The van der Waals surface area contributed by atoms with Gasteiger partial charge in [-0.25, -0.2) is 9.97 Å². The summed E-state index contributed by atoms with van der Waals surface area (Å²) in [6, 6.07) is 12.2. The summed E-state index contributed by atoms with van der Waals surface area (Å²) in [6.07, 6.45) is 4.51. The lowest BCUT2D eigenvalue weighted by molar-refractivity contribution is 0.0773. The summed E-state index contributed by atoms with van der Waals surface area (Å²) >= 11 is 0. The molecule has 1 atom stereocenters. The summed E-state index contributed by atoms with van der Waals surface area (Å²) in [6.45, 7) is 5.86. The molecular weight excluding hydrogens is 352 g/mol. The second kappa shape index (κ2) is 7.33. The number of carbonyl (C=O) groups excluding carboxylic acids is 1. The van der Waals surface area contributed by atoms with E-state index in [-0.39, 0.29) is 5.91 Å². The van der Waals surface area contributed by atoms with Gasteiger partial charge in [0.05, 0.1) is 16.6 Å². The van der Waals surface area contributed by atoms with Crippen LogP contribution in [-0.4, -0.2) is 75.6 Å². The topological polar surface area (TPSA) is 66.3 Å². The van der Waals surface area contributed by atoms with E-state index in [4.69, 9.17) is 0 Å². The van der Waals surface area contributed by atoms with E-state index in [9.17, 15) is 4.79 Å². The van der Waals surface area contributed by atoms with Gasteiger partial charge < -0.3 is 10.2 Å². The number of likely N-dealkylation sites (tertiary alicyclic amines) is 1. The summed E-state index contributed by atoms with van der Waals surface area (Å²) in [7, 11) is 0. The molecule has 0 radical (unpaired) electrons. The maximum absolute atomic E-state index is 12.9. The summed E-state index contributed by atoms with van der Waals surface area (Å²) in [5, 5.41) is 3.39. The number of amides is 1. The lowest BCUT2D eigenvalue weighted by Crippen LogP contribution is -2.49. The zero-order valence-electron chi connectivity index (χ0n) is 15.8. The Labute approximate surface area is 164 Å². The lowest BCUT2D eigenvalue weighted by Gasteiger charge is -2.32. The Morgan fingerprint density at radius 3 is 2.71 bits per heavy atom. The molecular formula is C21H24N6O. The van der Waals surface area contributed by atoms with E-state index >= 15 is 0 Å². The van der Waals surface area contributed by atoms with E-state index in [0.29, 0.717) is 11.6 Å². The molecule has 0 spiro atoms. The van der Waals surface area contributed by atoms with Gasteiger partial charge in [0.2, 0.25) is 0 Å². The molecule has 5 rings (SSSR count). The van der Waals surface area contributed by atoms with Crippen LogP contribution in [-0.2, 0) is 0 Å². The average Bonchev–Trinajstić information content (AvgIpc) is 3.42. The minimum atomic E-state index is 0.0761. The van der Waals surface area contributed by atoms with Gasteiger partial charge in [0.25, 0.3) is 5.91 Å². The van der Waals surface area contributed by atoms with Crippen LogP contribution < -0.4 is 5.32 Å². The number of hydrogen-bond donors (Lipinski definition) is 1. The molecule has 0 bridgehead atoms. The van der Waals surface area contributed by atoms with Gasteiger partial charge in [-0.1, -0.05) is 12.1 Å². The number of piperazine rings is 1. The van der Waals surface area contributed by atoms with Gasteiger partial charge in [0.1, 0.15) is 12.1 Å². The van der Waals surface area contributed by atoms with Crippen molar-refractivity contribution in [2.24, 2.45) is 0 Å². The highest BCUT2D eigenvalue weighted by Gasteiger charge is 2.31. The van der Waals surface area contributed by atoms with Gasteiger partial charge in [-0.2, -0.15) is 0 Å². The highest BCUT2D eigenvalue weighted by molar-refractivity contribution is 5.94. The second-order valence-corrected chi connectivity index (χ2v) is 7.49. The van der Waals surface area contributed by atoms with E-state index in [1.807, 2.05) is 45.9 Å². The van der Waals surface area contributed by atoms with E-state index < -0.39 is 0 Å². The predicted molar refractivity (Wildman–Crippen MR) is 108 cm³/mol. The standard InChI is InChI=1S/C21H24N6O/c28-21(26-10-7-17(14-26)25-11-8-22-9-12-25)16-5-6-20(23-13-16)27-15-24-18-3-1-2-4-19(18)27/h1-6,13,15,17,22H,7-12,14H2. The van der Waals surface area contributed by atoms with E-state index in [2.05, 4.69) is 20.2 Å². The molecule has 2 saturated heterocycles.